The van der Waals surface area contributed by atoms with Crippen LogP contribution in [0.4, 0.5) is 0 Å². The lowest BCUT2D eigenvalue weighted by Crippen LogP contribution is -2.43. The molecule has 5 nitrogen and oxygen atoms in total. The SMILES string of the molecule is Oc1c(S)[n+](O)c2ccccc2[n+]1O. The van der Waals surface area contributed by atoms with Crippen LogP contribution in [0.5, 0.6) is 5.88 Å². The van der Waals surface area contributed by atoms with Crippen molar-refractivity contribution in [3.05, 3.63) is 24.3 Å². The third-order valence-corrected chi connectivity index (χ3v) is 2.33. The maximum Gasteiger partial charge on any atom is 0.500 e. The van der Waals surface area contributed by atoms with Gasteiger partial charge in [-0.3, -0.25) is 10.4 Å². The van der Waals surface area contributed by atoms with E-state index in [4.69, 9.17) is 0 Å². The fourth-order valence-corrected chi connectivity index (χ4v) is 1.44. The van der Waals surface area contributed by atoms with Gasteiger partial charge >= 0.3 is 21.9 Å². The molecular weight excluding hydrogens is 204 g/mol. The van der Waals surface area contributed by atoms with Crippen LogP contribution in [0.25, 0.3) is 11.0 Å². The van der Waals surface area contributed by atoms with Gasteiger partial charge in [0.25, 0.3) is 0 Å². The Morgan fingerprint density at radius 2 is 1.50 bits per heavy atom. The summed E-state index contributed by atoms with van der Waals surface area (Å²) in [6.07, 6.45) is 0. The Kier molecular flexibility index (Phi) is 1.85. The Bertz CT molecular complexity index is 469. The number of fused-ring (bicyclic) bond motifs is 1. The standard InChI is InChI=1S/C8H6N2O3S/c11-7-8(14)10(13)6-4-2-1-3-5(6)9(7)12/h1-4,12-13H/p+2. The molecule has 2 rings (SSSR count). The number of hydrogen-bond acceptors (Lipinski definition) is 4. The van der Waals surface area contributed by atoms with Crippen LogP contribution in [0, 0.1) is 0 Å². The van der Waals surface area contributed by atoms with Crippen molar-refractivity contribution in [3.63, 3.8) is 0 Å². The van der Waals surface area contributed by atoms with Gasteiger partial charge < -0.3 is 5.11 Å². The van der Waals surface area contributed by atoms with Crippen molar-refractivity contribution < 1.29 is 25.0 Å². The Labute approximate surface area is 84.4 Å². The summed E-state index contributed by atoms with van der Waals surface area (Å²) < 4.78 is 1.25. The van der Waals surface area contributed by atoms with Crippen molar-refractivity contribution in [2.45, 2.75) is 5.03 Å². The highest BCUT2D eigenvalue weighted by Gasteiger charge is 2.32. The minimum absolute atomic E-state index is 0.133. The molecule has 2 aromatic rings. The predicted octanol–water partition coefficient (Wildman–Crippen LogP) is -0.116. The molecule has 0 spiro atoms. The molecule has 0 atom stereocenters. The van der Waals surface area contributed by atoms with Gasteiger partial charge in [0.2, 0.25) is 0 Å². The second-order valence-electron chi connectivity index (χ2n) is 2.76. The summed E-state index contributed by atoms with van der Waals surface area (Å²) in [5, 5.41) is 28.2. The van der Waals surface area contributed by atoms with E-state index in [0.29, 0.717) is 15.0 Å². The summed E-state index contributed by atoms with van der Waals surface area (Å²) in [7, 11) is 0. The van der Waals surface area contributed by atoms with Gasteiger partial charge in [0.15, 0.2) is 0 Å². The summed E-state index contributed by atoms with van der Waals surface area (Å²) in [6, 6.07) is 6.50. The zero-order valence-corrected chi connectivity index (χ0v) is 7.89. The molecule has 1 aromatic carbocycles. The number of benzene rings is 1. The van der Waals surface area contributed by atoms with Crippen molar-refractivity contribution >= 4 is 23.7 Å². The van der Waals surface area contributed by atoms with Crippen LogP contribution in [0.15, 0.2) is 29.3 Å². The minimum Gasteiger partial charge on any atom is -0.451 e. The summed E-state index contributed by atoms with van der Waals surface area (Å²) in [6.45, 7) is 0. The number of rotatable bonds is 0. The zero-order valence-electron chi connectivity index (χ0n) is 6.99. The summed E-state index contributed by atoms with van der Waals surface area (Å²) in [5.74, 6) is -0.519. The van der Waals surface area contributed by atoms with E-state index in [-0.39, 0.29) is 10.5 Å². The van der Waals surface area contributed by atoms with Crippen molar-refractivity contribution in [1.82, 2.24) is 0 Å². The van der Waals surface area contributed by atoms with Gasteiger partial charge in [0.05, 0.1) is 4.73 Å². The molecule has 0 fully saturated rings. The Morgan fingerprint density at radius 1 is 1.00 bits per heavy atom. The summed E-state index contributed by atoms with van der Waals surface area (Å²) >= 11 is 3.84. The van der Waals surface area contributed by atoms with Gasteiger partial charge in [-0.05, 0) is 0 Å². The fraction of sp³-hybridized carbons (Fsp3) is 0. The zero-order chi connectivity index (χ0) is 10.3. The molecule has 3 N–H and O–H groups in total. The quantitative estimate of drug-likeness (QED) is 0.280. The largest absolute Gasteiger partial charge is 0.500 e. The van der Waals surface area contributed by atoms with E-state index >= 15 is 0 Å². The topological polar surface area (TPSA) is 68.5 Å². The van der Waals surface area contributed by atoms with Gasteiger partial charge in [0.1, 0.15) is 0 Å². The number of thiol groups is 1. The highest BCUT2D eigenvalue weighted by atomic mass is 32.1. The first-order chi connectivity index (χ1) is 6.63. The molecule has 72 valence electrons. The third kappa shape index (κ3) is 1.04. The lowest BCUT2D eigenvalue weighted by atomic mass is 10.3. The maximum absolute atomic E-state index is 9.52. The van der Waals surface area contributed by atoms with E-state index in [1.54, 1.807) is 24.3 Å². The second-order valence-corrected chi connectivity index (χ2v) is 3.18. The number of nitrogens with zero attached hydrogens (tertiary/aromatic N) is 2. The molecule has 14 heavy (non-hydrogen) atoms. The van der Waals surface area contributed by atoms with Crippen molar-refractivity contribution in [3.8, 4) is 5.88 Å². The van der Waals surface area contributed by atoms with E-state index in [0.717, 1.165) is 0 Å². The van der Waals surface area contributed by atoms with Crippen LogP contribution in [-0.4, -0.2) is 15.5 Å². The average molecular weight is 212 g/mol. The molecule has 0 saturated heterocycles. The first-order valence-corrected chi connectivity index (χ1v) is 4.27. The van der Waals surface area contributed by atoms with Crippen LogP contribution >= 0.6 is 12.6 Å². The normalized spacial score (nSPS) is 10.6. The Hall–Kier alpha value is -1.69. The van der Waals surface area contributed by atoms with Gasteiger partial charge in [0, 0.05) is 16.9 Å². The van der Waals surface area contributed by atoms with Crippen LogP contribution < -0.4 is 9.46 Å². The minimum atomic E-state index is -0.519. The molecule has 0 aliphatic heterocycles. The first-order valence-electron chi connectivity index (χ1n) is 3.82. The predicted molar refractivity (Wildman–Crippen MR) is 47.6 cm³/mol. The van der Waals surface area contributed by atoms with Gasteiger partial charge in [-0.1, -0.05) is 24.8 Å². The van der Waals surface area contributed by atoms with E-state index in [1.807, 2.05) is 0 Å². The van der Waals surface area contributed by atoms with Crippen molar-refractivity contribution in [1.29, 1.82) is 0 Å². The van der Waals surface area contributed by atoms with E-state index in [9.17, 15) is 15.5 Å². The van der Waals surface area contributed by atoms with Crippen LogP contribution in [-0.2, 0) is 0 Å². The maximum atomic E-state index is 9.52. The molecule has 0 aliphatic rings. The number of para-hydroxylation sites is 2. The molecule has 0 amide bonds. The van der Waals surface area contributed by atoms with Crippen LogP contribution in [0.1, 0.15) is 0 Å². The van der Waals surface area contributed by atoms with Gasteiger partial charge in [-0.2, -0.15) is 0 Å². The molecule has 0 radical (unpaired) electrons. The van der Waals surface area contributed by atoms with Gasteiger partial charge in [-0.15, -0.1) is 0 Å². The fourth-order valence-electron chi connectivity index (χ4n) is 1.24. The number of hydrogen-bond donors (Lipinski definition) is 4. The van der Waals surface area contributed by atoms with Crippen molar-refractivity contribution in [2.24, 2.45) is 0 Å². The van der Waals surface area contributed by atoms with E-state index in [2.05, 4.69) is 12.6 Å². The summed E-state index contributed by atoms with van der Waals surface area (Å²) in [5.41, 5.74) is 0.628. The lowest BCUT2D eigenvalue weighted by molar-refractivity contribution is -0.943. The molecule has 0 bridgehead atoms. The molecule has 1 heterocycles. The Morgan fingerprint density at radius 3 is 2.07 bits per heavy atom. The lowest BCUT2D eigenvalue weighted by Gasteiger charge is -1.93. The first kappa shape index (κ1) is 8.89. The summed E-state index contributed by atoms with van der Waals surface area (Å²) in [4.78, 5) is 0. The van der Waals surface area contributed by atoms with Crippen LogP contribution in [0.3, 0.4) is 0 Å². The molecule has 0 saturated carbocycles. The number of aromatic nitrogens is 2. The van der Waals surface area contributed by atoms with E-state index < -0.39 is 5.88 Å². The second kappa shape index (κ2) is 2.91. The van der Waals surface area contributed by atoms with Gasteiger partial charge in [-0.25, -0.2) is 0 Å². The molecule has 1 aromatic heterocycles. The molecule has 0 unspecified atom stereocenters. The molecule has 0 aliphatic carbocycles. The monoisotopic (exact) mass is 212 g/mol. The molecular formula is C8H8N2O3S+2. The van der Waals surface area contributed by atoms with E-state index in [1.165, 1.54) is 0 Å². The molecule has 6 heteroatoms. The van der Waals surface area contributed by atoms with Crippen LogP contribution in [0.2, 0.25) is 0 Å². The number of aromatic hydroxyl groups is 1. The smallest absolute Gasteiger partial charge is 0.451 e. The highest BCUT2D eigenvalue weighted by Crippen LogP contribution is 2.14. The Balaban J connectivity index is 3.02. The highest BCUT2D eigenvalue weighted by molar-refractivity contribution is 7.80. The van der Waals surface area contributed by atoms with Crippen molar-refractivity contribution in [2.75, 3.05) is 0 Å². The average Bonchev–Trinajstić information content (AvgIpc) is 2.23. The third-order valence-electron chi connectivity index (χ3n) is 1.94.